The lowest BCUT2D eigenvalue weighted by Gasteiger charge is -2.20. The van der Waals surface area contributed by atoms with Crippen molar-refractivity contribution < 1.29 is 14.6 Å². The van der Waals surface area contributed by atoms with Crippen LogP contribution in [0.3, 0.4) is 0 Å². The molecular formula is C8H17NO3. The van der Waals surface area contributed by atoms with Gasteiger partial charge < -0.3 is 15.6 Å². The third-order valence-electron chi connectivity index (χ3n) is 1.09. The number of rotatable bonds is 3. The van der Waals surface area contributed by atoms with E-state index in [9.17, 15) is 4.79 Å². The molecule has 4 heteroatoms. The minimum Gasteiger partial charge on any atom is -0.460 e. The molecule has 0 fully saturated rings. The molecular weight excluding hydrogens is 158 g/mol. The fourth-order valence-corrected chi connectivity index (χ4v) is 0.659. The first-order valence-electron chi connectivity index (χ1n) is 3.95. The van der Waals surface area contributed by atoms with Crippen molar-refractivity contribution in [3.63, 3.8) is 0 Å². The van der Waals surface area contributed by atoms with Gasteiger partial charge in [0.2, 0.25) is 0 Å². The van der Waals surface area contributed by atoms with Gasteiger partial charge in [-0.2, -0.15) is 0 Å². The quantitative estimate of drug-likeness (QED) is 0.594. The summed E-state index contributed by atoms with van der Waals surface area (Å²) in [6, 6.07) is 0. The van der Waals surface area contributed by atoms with E-state index < -0.39 is 17.7 Å². The van der Waals surface area contributed by atoms with Crippen LogP contribution in [0.15, 0.2) is 0 Å². The second-order valence-corrected chi connectivity index (χ2v) is 3.68. The summed E-state index contributed by atoms with van der Waals surface area (Å²) >= 11 is 0. The Hall–Kier alpha value is -0.610. The summed E-state index contributed by atoms with van der Waals surface area (Å²) in [4.78, 5) is 11.0. The molecule has 0 aromatic heterocycles. The van der Waals surface area contributed by atoms with E-state index in [1.165, 1.54) is 0 Å². The lowest BCUT2D eigenvalue weighted by molar-refractivity contribution is -0.156. The summed E-state index contributed by atoms with van der Waals surface area (Å²) in [5, 5.41) is 9.00. The molecule has 0 aromatic rings. The van der Waals surface area contributed by atoms with Gasteiger partial charge in [0.05, 0.1) is 12.5 Å². The first-order valence-corrected chi connectivity index (χ1v) is 3.95. The molecule has 3 N–H and O–H groups in total. The van der Waals surface area contributed by atoms with Crippen LogP contribution in [0.5, 0.6) is 0 Å². The maximum Gasteiger partial charge on any atom is 0.308 e. The molecule has 1 atom stereocenters. The predicted octanol–water partition coefficient (Wildman–Crippen LogP) is 0.0378. The van der Waals surface area contributed by atoms with Crippen LogP contribution in [0.25, 0.3) is 0 Å². The Balaban J connectivity index is 3.75. The highest BCUT2D eigenvalue weighted by Gasteiger charge is 2.18. The van der Waals surface area contributed by atoms with E-state index in [1.807, 2.05) is 0 Å². The van der Waals surface area contributed by atoms with Gasteiger partial charge in [-0.15, -0.1) is 0 Å². The monoisotopic (exact) mass is 175 g/mol. The Kier molecular flexibility index (Phi) is 4.20. The van der Waals surface area contributed by atoms with Crippen molar-refractivity contribution in [1.82, 2.24) is 0 Å². The molecule has 0 bridgehead atoms. The number of hydrogen-bond acceptors (Lipinski definition) is 4. The minimum absolute atomic E-state index is 0.0340. The molecule has 0 aliphatic heterocycles. The number of carbonyl (C=O) groups is 1. The molecule has 0 radical (unpaired) electrons. The van der Waals surface area contributed by atoms with E-state index in [0.29, 0.717) is 0 Å². The molecule has 0 aromatic carbocycles. The van der Waals surface area contributed by atoms with Gasteiger partial charge in [-0.05, 0) is 20.8 Å². The molecule has 0 saturated carbocycles. The first-order chi connectivity index (χ1) is 5.35. The molecule has 0 spiro atoms. The zero-order valence-electron chi connectivity index (χ0n) is 7.83. The second kappa shape index (κ2) is 4.42. The largest absolute Gasteiger partial charge is 0.460 e. The van der Waals surface area contributed by atoms with Crippen molar-refractivity contribution in [1.29, 1.82) is 0 Å². The van der Waals surface area contributed by atoms with Gasteiger partial charge in [-0.1, -0.05) is 0 Å². The lowest BCUT2D eigenvalue weighted by Crippen LogP contribution is -2.29. The number of aliphatic hydroxyl groups is 1. The summed E-state index contributed by atoms with van der Waals surface area (Å²) in [6.07, 6.45) is -0.826. The van der Waals surface area contributed by atoms with Gasteiger partial charge in [0.25, 0.3) is 0 Å². The van der Waals surface area contributed by atoms with Crippen molar-refractivity contribution in [2.45, 2.75) is 38.9 Å². The van der Waals surface area contributed by atoms with Crippen molar-refractivity contribution in [3.8, 4) is 0 Å². The van der Waals surface area contributed by atoms with E-state index in [-0.39, 0.29) is 13.0 Å². The summed E-state index contributed by atoms with van der Waals surface area (Å²) in [6.45, 7) is 5.42. The molecule has 12 heavy (non-hydrogen) atoms. The maximum atomic E-state index is 11.0. The number of carbonyl (C=O) groups excluding carboxylic acids is 1. The van der Waals surface area contributed by atoms with Crippen LogP contribution in [0.2, 0.25) is 0 Å². The standard InChI is InChI=1S/C8H17NO3/c1-8(2,3)12-7(11)4-6(10)5-9/h6,10H,4-5,9H2,1-3H3/t6-/m0/s1. The summed E-state index contributed by atoms with van der Waals surface area (Å²) in [5.41, 5.74) is 4.63. The third-order valence-corrected chi connectivity index (χ3v) is 1.09. The third kappa shape index (κ3) is 6.12. The fourth-order valence-electron chi connectivity index (χ4n) is 0.659. The van der Waals surface area contributed by atoms with Gasteiger partial charge in [-0.25, -0.2) is 0 Å². The lowest BCUT2D eigenvalue weighted by atomic mass is 10.2. The highest BCUT2D eigenvalue weighted by Crippen LogP contribution is 2.08. The van der Waals surface area contributed by atoms with Gasteiger partial charge in [0.1, 0.15) is 5.60 Å². The molecule has 0 unspecified atom stereocenters. The Morgan fingerprint density at radius 1 is 1.58 bits per heavy atom. The van der Waals surface area contributed by atoms with Crippen LogP contribution in [0.1, 0.15) is 27.2 Å². The van der Waals surface area contributed by atoms with Crippen LogP contribution < -0.4 is 5.73 Å². The number of hydrogen-bond donors (Lipinski definition) is 2. The van der Waals surface area contributed by atoms with Crippen LogP contribution in [-0.4, -0.2) is 29.3 Å². The Labute approximate surface area is 72.7 Å². The number of ether oxygens (including phenoxy) is 1. The van der Waals surface area contributed by atoms with Crippen LogP contribution in [0, 0.1) is 0 Å². The van der Waals surface area contributed by atoms with E-state index >= 15 is 0 Å². The molecule has 0 aliphatic carbocycles. The molecule has 72 valence electrons. The van der Waals surface area contributed by atoms with Crippen molar-refractivity contribution in [3.05, 3.63) is 0 Å². The Morgan fingerprint density at radius 2 is 2.08 bits per heavy atom. The summed E-state index contributed by atoms with van der Waals surface area (Å²) in [5.74, 6) is -0.416. The Bertz CT molecular complexity index is 151. The SMILES string of the molecule is CC(C)(C)OC(=O)C[C@H](O)CN. The molecule has 0 aliphatic rings. The average molecular weight is 175 g/mol. The van der Waals surface area contributed by atoms with E-state index in [0.717, 1.165) is 0 Å². The normalized spacial score (nSPS) is 14.1. The highest BCUT2D eigenvalue weighted by atomic mass is 16.6. The van der Waals surface area contributed by atoms with Gasteiger partial charge >= 0.3 is 5.97 Å². The molecule has 0 amide bonds. The van der Waals surface area contributed by atoms with Crippen molar-refractivity contribution in [2.75, 3.05) is 6.54 Å². The maximum absolute atomic E-state index is 11.0. The predicted molar refractivity (Wildman–Crippen MR) is 45.5 cm³/mol. The number of esters is 1. The summed E-state index contributed by atoms with van der Waals surface area (Å²) < 4.78 is 4.96. The van der Waals surface area contributed by atoms with Gasteiger partial charge in [0, 0.05) is 6.54 Å². The second-order valence-electron chi connectivity index (χ2n) is 3.68. The molecule has 4 nitrogen and oxygen atoms in total. The van der Waals surface area contributed by atoms with Crippen LogP contribution in [-0.2, 0) is 9.53 Å². The zero-order valence-corrected chi connectivity index (χ0v) is 7.83. The van der Waals surface area contributed by atoms with Crippen molar-refractivity contribution in [2.24, 2.45) is 5.73 Å². The highest BCUT2D eigenvalue weighted by molar-refractivity contribution is 5.70. The van der Waals surface area contributed by atoms with Crippen LogP contribution in [0.4, 0.5) is 0 Å². The van der Waals surface area contributed by atoms with E-state index in [2.05, 4.69) is 0 Å². The minimum atomic E-state index is -0.792. The average Bonchev–Trinajstić information content (AvgIpc) is 1.82. The number of nitrogens with two attached hydrogens (primary N) is 1. The number of aliphatic hydroxyl groups excluding tert-OH is 1. The van der Waals surface area contributed by atoms with Gasteiger partial charge in [-0.3, -0.25) is 4.79 Å². The first kappa shape index (κ1) is 11.4. The van der Waals surface area contributed by atoms with E-state index in [4.69, 9.17) is 15.6 Å². The summed E-state index contributed by atoms with van der Waals surface area (Å²) in [7, 11) is 0. The zero-order chi connectivity index (χ0) is 9.78. The van der Waals surface area contributed by atoms with Crippen LogP contribution >= 0.6 is 0 Å². The fraction of sp³-hybridized carbons (Fsp3) is 0.875. The van der Waals surface area contributed by atoms with E-state index in [1.54, 1.807) is 20.8 Å². The molecule has 0 rings (SSSR count). The van der Waals surface area contributed by atoms with Crippen molar-refractivity contribution >= 4 is 5.97 Å². The van der Waals surface area contributed by atoms with Gasteiger partial charge in [0.15, 0.2) is 0 Å². The smallest absolute Gasteiger partial charge is 0.308 e. The molecule has 0 saturated heterocycles. The molecule has 0 heterocycles. The topological polar surface area (TPSA) is 72.5 Å². The Morgan fingerprint density at radius 3 is 2.42 bits per heavy atom.